The second kappa shape index (κ2) is 7.28. The summed E-state index contributed by atoms with van der Waals surface area (Å²) in [7, 11) is 1.94. The molecule has 1 aromatic heterocycles. The Hall–Kier alpha value is -1.09. The first-order valence-electron chi connectivity index (χ1n) is 6.37. The lowest BCUT2D eigenvalue weighted by atomic mass is 10.1. The van der Waals surface area contributed by atoms with Gasteiger partial charge in [-0.15, -0.1) is 0 Å². The van der Waals surface area contributed by atoms with Crippen LogP contribution in [-0.2, 0) is 6.54 Å². The van der Waals surface area contributed by atoms with E-state index in [0.29, 0.717) is 0 Å². The first kappa shape index (κ1) is 14.0. The van der Waals surface area contributed by atoms with Gasteiger partial charge in [0.2, 0.25) is 5.88 Å². The molecule has 0 aliphatic rings. The molecule has 96 valence electrons. The van der Waals surface area contributed by atoms with Gasteiger partial charge in [-0.3, -0.25) is 0 Å². The van der Waals surface area contributed by atoms with E-state index in [0.717, 1.165) is 37.1 Å². The Kier molecular flexibility index (Phi) is 5.98. The molecule has 17 heavy (non-hydrogen) atoms. The topological polar surface area (TPSA) is 34.1 Å². The lowest BCUT2D eigenvalue weighted by molar-refractivity contribution is 0.286. The maximum Gasteiger partial charge on any atom is 0.213 e. The van der Waals surface area contributed by atoms with E-state index >= 15 is 0 Å². The van der Waals surface area contributed by atoms with Crippen molar-refractivity contribution >= 4 is 0 Å². The van der Waals surface area contributed by atoms with Crippen molar-refractivity contribution < 1.29 is 4.74 Å². The molecule has 0 aliphatic heterocycles. The van der Waals surface area contributed by atoms with Gasteiger partial charge in [-0.25, -0.2) is 4.98 Å². The SMILES string of the molecule is CNCc1ccc(OCCCC(C)C)nc1C. The number of pyridine rings is 1. The van der Waals surface area contributed by atoms with Crippen molar-refractivity contribution in [3.8, 4) is 5.88 Å². The molecule has 0 saturated carbocycles. The number of ether oxygens (including phenoxy) is 1. The Balaban J connectivity index is 2.41. The van der Waals surface area contributed by atoms with Crippen LogP contribution >= 0.6 is 0 Å². The third-order valence-electron chi connectivity index (χ3n) is 2.71. The van der Waals surface area contributed by atoms with E-state index in [1.54, 1.807) is 0 Å². The fraction of sp³-hybridized carbons (Fsp3) is 0.643. The summed E-state index contributed by atoms with van der Waals surface area (Å²) in [6.45, 7) is 8.10. The van der Waals surface area contributed by atoms with Gasteiger partial charge in [0.05, 0.1) is 6.61 Å². The van der Waals surface area contributed by atoms with E-state index in [4.69, 9.17) is 4.74 Å². The minimum absolute atomic E-state index is 0.742. The first-order valence-corrected chi connectivity index (χ1v) is 6.37. The normalized spacial score (nSPS) is 10.9. The number of aromatic nitrogens is 1. The van der Waals surface area contributed by atoms with Crippen LogP contribution in [0.15, 0.2) is 12.1 Å². The lowest BCUT2D eigenvalue weighted by Gasteiger charge is -2.09. The molecular formula is C14H24N2O. The third-order valence-corrected chi connectivity index (χ3v) is 2.71. The lowest BCUT2D eigenvalue weighted by Crippen LogP contribution is -2.08. The summed E-state index contributed by atoms with van der Waals surface area (Å²) in [5.41, 5.74) is 2.27. The van der Waals surface area contributed by atoms with E-state index in [1.807, 2.05) is 20.0 Å². The molecule has 0 aromatic carbocycles. The van der Waals surface area contributed by atoms with Gasteiger partial charge in [0, 0.05) is 18.3 Å². The van der Waals surface area contributed by atoms with Crippen LogP contribution in [-0.4, -0.2) is 18.6 Å². The average molecular weight is 236 g/mol. The predicted molar refractivity (Wildman–Crippen MR) is 71.3 cm³/mol. The van der Waals surface area contributed by atoms with Gasteiger partial charge in [-0.1, -0.05) is 19.9 Å². The van der Waals surface area contributed by atoms with Crippen molar-refractivity contribution in [3.05, 3.63) is 23.4 Å². The zero-order valence-corrected chi connectivity index (χ0v) is 11.4. The van der Waals surface area contributed by atoms with Crippen molar-refractivity contribution in [2.24, 2.45) is 5.92 Å². The molecule has 0 atom stereocenters. The molecule has 0 spiro atoms. The Morgan fingerprint density at radius 3 is 2.71 bits per heavy atom. The van der Waals surface area contributed by atoms with Crippen molar-refractivity contribution in [1.29, 1.82) is 0 Å². The largest absolute Gasteiger partial charge is 0.478 e. The molecule has 0 aliphatic carbocycles. The molecule has 3 heteroatoms. The number of nitrogens with zero attached hydrogens (tertiary/aromatic N) is 1. The predicted octanol–water partition coefficient (Wildman–Crippen LogP) is 2.92. The van der Waals surface area contributed by atoms with Crippen molar-refractivity contribution in [2.75, 3.05) is 13.7 Å². The second-order valence-electron chi connectivity index (χ2n) is 4.81. The monoisotopic (exact) mass is 236 g/mol. The highest BCUT2D eigenvalue weighted by Gasteiger charge is 2.02. The highest BCUT2D eigenvalue weighted by Crippen LogP contribution is 2.13. The second-order valence-corrected chi connectivity index (χ2v) is 4.81. The number of hydrogen-bond acceptors (Lipinski definition) is 3. The number of rotatable bonds is 7. The zero-order chi connectivity index (χ0) is 12.7. The first-order chi connectivity index (χ1) is 8.13. The van der Waals surface area contributed by atoms with Crippen LogP contribution in [0.4, 0.5) is 0 Å². The van der Waals surface area contributed by atoms with E-state index in [-0.39, 0.29) is 0 Å². The zero-order valence-electron chi connectivity index (χ0n) is 11.4. The minimum atomic E-state index is 0.742. The summed E-state index contributed by atoms with van der Waals surface area (Å²) in [6.07, 6.45) is 2.30. The molecule has 0 saturated heterocycles. The maximum absolute atomic E-state index is 5.64. The van der Waals surface area contributed by atoms with Gasteiger partial charge < -0.3 is 10.1 Å². The van der Waals surface area contributed by atoms with Crippen LogP contribution in [0.1, 0.15) is 37.9 Å². The van der Waals surface area contributed by atoms with Crippen LogP contribution in [0.2, 0.25) is 0 Å². The summed E-state index contributed by atoms with van der Waals surface area (Å²) in [5, 5.41) is 3.13. The van der Waals surface area contributed by atoms with Crippen LogP contribution in [0.3, 0.4) is 0 Å². The standard InChI is InChI=1S/C14H24N2O/c1-11(2)6-5-9-17-14-8-7-13(10-15-4)12(3)16-14/h7-8,11,15H,5-6,9-10H2,1-4H3. The van der Waals surface area contributed by atoms with E-state index in [9.17, 15) is 0 Å². The van der Waals surface area contributed by atoms with Gasteiger partial charge in [0.15, 0.2) is 0 Å². The molecule has 1 heterocycles. The molecule has 1 rings (SSSR count). The minimum Gasteiger partial charge on any atom is -0.478 e. The third kappa shape index (κ3) is 5.18. The van der Waals surface area contributed by atoms with Crippen molar-refractivity contribution in [2.45, 2.75) is 40.2 Å². The number of aryl methyl sites for hydroxylation is 1. The summed E-state index contributed by atoms with van der Waals surface area (Å²) < 4.78 is 5.64. The van der Waals surface area contributed by atoms with Crippen LogP contribution in [0.25, 0.3) is 0 Å². The van der Waals surface area contributed by atoms with Crippen LogP contribution < -0.4 is 10.1 Å². The van der Waals surface area contributed by atoms with E-state index in [1.165, 1.54) is 12.0 Å². The fourth-order valence-corrected chi connectivity index (χ4v) is 1.69. The fourth-order valence-electron chi connectivity index (χ4n) is 1.69. The van der Waals surface area contributed by atoms with Gasteiger partial charge in [-0.2, -0.15) is 0 Å². The molecule has 1 N–H and O–H groups in total. The van der Waals surface area contributed by atoms with Crippen molar-refractivity contribution in [1.82, 2.24) is 10.3 Å². The number of nitrogens with one attached hydrogen (secondary N) is 1. The molecule has 0 amide bonds. The smallest absolute Gasteiger partial charge is 0.213 e. The Morgan fingerprint density at radius 2 is 2.12 bits per heavy atom. The molecule has 0 radical (unpaired) electrons. The maximum atomic E-state index is 5.64. The van der Waals surface area contributed by atoms with Gasteiger partial charge in [0.25, 0.3) is 0 Å². The Labute approximate surface area is 105 Å². The molecule has 0 fully saturated rings. The molecule has 0 unspecified atom stereocenters. The van der Waals surface area contributed by atoms with Crippen molar-refractivity contribution in [3.63, 3.8) is 0 Å². The number of hydrogen-bond donors (Lipinski definition) is 1. The van der Waals surface area contributed by atoms with Crippen LogP contribution in [0, 0.1) is 12.8 Å². The van der Waals surface area contributed by atoms with E-state index < -0.39 is 0 Å². The quantitative estimate of drug-likeness (QED) is 0.739. The summed E-state index contributed by atoms with van der Waals surface area (Å²) in [5.74, 6) is 1.48. The average Bonchev–Trinajstić information content (AvgIpc) is 2.28. The van der Waals surface area contributed by atoms with Gasteiger partial charge in [0.1, 0.15) is 0 Å². The van der Waals surface area contributed by atoms with Gasteiger partial charge in [-0.05, 0) is 38.3 Å². The summed E-state index contributed by atoms with van der Waals surface area (Å²) >= 11 is 0. The molecular weight excluding hydrogens is 212 g/mol. The molecule has 3 nitrogen and oxygen atoms in total. The van der Waals surface area contributed by atoms with E-state index in [2.05, 4.69) is 30.2 Å². The Bertz CT molecular complexity index is 337. The summed E-state index contributed by atoms with van der Waals surface area (Å²) in [6, 6.07) is 4.03. The highest BCUT2D eigenvalue weighted by atomic mass is 16.5. The van der Waals surface area contributed by atoms with Gasteiger partial charge >= 0.3 is 0 Å². The Morgan fingerprint density at radius 1 is 1.35 bits per heavy atom. The molecule has 1 aromatic rings. The summed E-state index contributed by atoms with van der Waals surface area (Å²) in [4.78, 5) is 4.45. The van der Waals surface area contributed by atoms with Crippen LogP contribution in [0.5, 0.6) is 5.88 Å². The molecule has 0 bridgehead atoms. The highest BCUT2D eigenvalue weighted by molar-refractivity contribution is 5.24.